The first kappa shape index (κ1) is 15.7. The maximum Gasteiger partial charge on any atom is 0.110 e. The van der Waals surface area contributed by atoms with Crippen molar-refractivity contribution >= 4 is 0 Å². The summed E-state index contributed by atoms with van der Waals surface area (Å²) in [5, 5.41) is 13.6. The largest absolute Gasteiger partial charge is 0.389 e. The quantitative estimate of drug-likeness (QED) is 0.859. The zero-order valence-electron chi connectivity index (χ0n) is 13.3. The van der Waals surface area contributed by atoms with Gasteiger partial charge in [-0.3, -0.25) is 4.57 Å². The summed E-state index contributed by atoms with van der Waals surface area (Å²) in [6.45, 7) is 9.16. The summed E-state index contributed by atoms with van der Waals surface area (Å²) in [5.74, 6) is 1.18. The molecule has 0 amide bonds. The SMILES string of the molecule is Cc1ncc(CNCC(C)(O)C(C)C)n1-c1ccccc1. The minimum absolute atomic E-state index is 0.214. The molecule has 1 atom stereocenters. The summed E-state index contributed by atoms with van der Waals surface area (Å²) in [4.78, 5) is 4.40. The summed E-state index contributed by atoms with van der Waals surface area (Å²) in [6, 6.07) is 10.2. The highest BCUT2D eigenvalue weighted by molar-refractivity contribution is 5.35. The molecule has 1 aromatic heterocycles. The highest BCUT2D eigenvalue weighted by Crippen LogP contribution is 2.16. The van der Waals surface area contributed by atoms with Crippen molar-refractivity contribution in [3.05, 3.63) is 48.0 Å². The van der Waals surface area contributed by atoms with Crippen LogP contribution in [0.1, 0.15) is 32.3 Å². The van der Waals surface area contributed by atoms with E-state index in [0.29, 0.717) is 13.1 Å². The highest BCUT2D eigenvalue weighted by Gasteiger charge is 2.24. The molecule has 1 heterocycles. The van der Waals surface area contributed by atoms with E-state index >= 15 is 0 Å². The Morgan fingerprint density at radius 3 is 2.57 bits per heavy atom. The van der Waals surface area contributed by atoms with Gasteiger partial charge in [-0.2, -0.15) is 0 Å². The van der Waals surface area contributed by atoms with Crippen LogP contribution in [0.4, 0.5) is 0 Å². The van der Waals surface area contributed by atoms with E-state index < -0.39 is 5.60 Å². The predicted molar refractivity (Wildman–Crippen MR) is 85.5 cm³/mol. The molecule has 0 fully saturated rings. The van der Waals surface area contributed by atoms with Crippen LogP contribution in [-0.2, 0) is 6.54 Å². The minimum Gasteiger partial charge on any atom is -0.389 e. The summed E-state index contributed by atoms with van der Waals surface area (Å²) in [6.07, 6.45) is 1.89. The fourth-order valence-electron chi connectivity index (χ4n) is 2.19. The van der Waals surface area contributed by atoms with E-state index in [1.807, 2.05) is 52.1 Å². The van der Waals surface area contributed by atoms with Crippen molar-refractivity contribution in [1.82, 2.24) is 14.9 Å². The first-order valence-electron chi connectivity index (χ1n) is 7.43. The molecular formula is C17H25N3O. The molecule has 4 heteroatoms. The second kappa shape index (κ2) is 6.41. The van der Waals surface area contributed by atoms with Crippen molar-refractivity contribution in [2.24, 2.45) is 5.92 Å². The van der Waals surface area contributed by atoms with Crippen molar-refractivity contribution in [2.75, 3.05) is 6.54 Å². The van der Waals surface area contributed by atoms with E-state index in [9.17, 15) is 5.11 Å². The van der Waals surface area contributed by atoms with Crippen LogP contribution in [0.25, 0.3) is 5.69 Å². The molecule has 0 radical (unpaired) electrons. The fourth-order valence-corrected chi connectivity index (χ4v) is 2.19. The Hall–Kier alpha value is -1.65. The average molecular weight is 287 g/mol. The highest BCUT2D eigenvalue weighted by atomic mass is 16.3. The van der Waals surface area contributed by atoms with Crippen molar-refractivity contribution in [2.45, 2.75) is 39.8 Å². The monoisotopic (exact) mass is 287 g/mol. The first-order valence-corrected chi connectivity index (χ1v) is 7.43. The normalized spacial score (nSPS) is 14.4. The van der Waals surface area contributed by atoms with Crippen molar-refractivity contribution in [3.63, 3.8) is 0 Å². The Morgan fingerprint density at radius 2 is 1.95 bits per heavy atom. The smallest absolute Gasteiger partial charge is 0.110 e. The van der Waals surface area contributed by atoms with Gasteiger partial charge in [-0.05, 0) is 31.9 Å². The fraction of sp³-hybridized carbons (Fsp3) is 0.471. The first-order chi connectivity index (χ1) is 9.92. The molecule has 1 aromatic carbocycles. The Balaban J connectivity index is 2.09. The van der Waals surface area contributed by atoms with Gasteiger partial charge in [-0.1, -0.05) is 32.0 Å². The molecule has 4 nitrogen and oxygen atoms in total. The zero-order chi connectivity index (χ0) is 15.5. The standard InChI is InChI=1S/C17H25N3O/c1-13(2)17(4,21)12-18-10-16-11-19-14(3)20(16)15-8-6-5-7-9-15/h5-9,11,13,18,21H,10,12H2,1-4H3. The van der Waals surface area contributed by atoms with Gasteiger partial charge in [0, 0.05) is 18.8 Å². The van der Waals surface area contributed by atoms with Crippen LogP contribution in [0.2, 0.25) is 0 Å². The van der Waals surface area contributed by atoms with Gasteiger partial charge >= 0.3 is 0 Å². The Morgan fingerprint density at radius 1 is 1.29 bits per heavy atom. The molecule has 2 aromatic rings. The number of nitrogens with one attached hydrogen (secondary N) is 1. The second-order valence-corrected chi connectivity index (χ2v) is 6.08. The number of rotatable bonds is 6. The van der Waals surface area contributed by atoms with Gasteiger partial charge in [0.15, 0.2) is 0 Å². The molecule has 2 rings (SSSR count). The third kappa shape index (κ3) is 3.71. The van der Waals surface area contributed by atoms with Crippen molar-refractivity contribution in [1.29, 1.82) is 0 Å². The number of para-hydroxylation sites is 1. The minimum atomic E-state index is -0.702. The third-order valence-electron chi connectivity index (χ3n) is 4.06. The van der Waals surface area contributed by atoms with Gasteiger partial charge in [0.2, 0.25) is 0 Å². The average Bonchev–Trinajstić information content (AvgIpc) is 2.80. The molecule has 0 aliphatic heterocycles. The van der Waals surface area contributed by atoms with E-state index in [-0.39, 0.29) is 5.92 Å². The molecule has 21 heavy (non-hydrogen) atoms. The van der Waals surface area contributed by atoms with E-state index in [4.69, 9.17) is 0 Å². The lowest BCUT2D eigenvalue weighted by atomic mass is 9.92. The van der Waals surface area contributed by atoms with Gasteiger partial charge in [0.25, 0.3) is 0 Å². The maximum atomic E-state index is 10.3. The van der Waals surface area contributed by atoms with Gasteiger partial charge in [-0.25, -0.2) is 4.98 Å². The van der Waals surface area contributed by atoms with Crippen LogP contribution in [0.5, 0.6) is 0 Å². The zero-order valence-corrected chi connectivity index (χ0v) is 13.3. The van der Waals surface area contributed by atoms with Gasteiger partial charge < -0.3 is 10.4 Å². The number of hydrogen-bond donors (Lipinski definition) is 2. The number of aliphatic hydroxyl groups is 1. The number of benzene rings is 1. The second-order valence-electron chi connectivity index (χ2n) is 6.08. The van der Waals surface area contributed by atoms with Gasteiger partial charge in [0.1, 0.15) is 5.82 Å². The van der Waals surface area contributed by atoms with Crippen LogP contribution in [0.3, 0.4) is 0 Å². The lowest BCUT2D eigenvalue weighted by Crippen LogP contribution is -2.42. The summed E-state index contributed by atoms with van der Waals surface area (Å²) >= 11 is 0. The van der Waals surface area contributed by atoms with Crippen LogP contribution in [-0.4, -0.2) is 26.8 Å². The van der Waals surface area contributed by atoms with Gasteiger partial charge in [-0.15, -0.1) is 0 Å². The molecule has 114 valence electrons. The topological polar surface area (TPSA) is 50.1 Å². The van der Waals surface area contributed by atoms with E-state index in [1.165, 1.54) is 0 Å². The van der Waals surface area contributed by atoms with E-state index in [2.05, 4.69) is 27.0 Å². The number of aryl methyl sites for hydroxylation is 1. The van der Waals surface area contributed by atoms with Crippen LogP contribution in [0.15, 0.2) is 36.5 Å². The third-order valence-corrected chi connectivity index (χ3v) is 4.06. The summed E-state index contributed by atoms with van der Waals surface area (Å²) in [7, 11) is 0. The predicted octanol–water partition coefficient (Wildman–Crippen LogP) is 2.68. The number of aromatic nitrogens is 2. The molecule has 0 spiro atoms. The van der Waals surface area contributed by atoms with E-state index in [1.54, 1.807) is 0 Å². The molecule has 1 unspecified atom stereocenters. The lowest BCUT2D eigenvalue weighted by molar-refractivity contribution is 0.0139. The Kier molecular flexibility index (Phi) is 4.80. The Bertz CT molecular complexity index is 573. The molecule has 0 bridgehead atoms. The molecule has 0 aliphatic rings. The number of imidazole rings is 1. The maximum absolute atomic E-state index is 10.3. The van der Waals surface area contributed by atoms with Gasteiger partial charge in [0.05, 0.1) is 17.5 Å². The van der Waals surface area contributed by atoms with E-state index in [0.717, 1.165) is 17.2 Å². The molecule has 0 saturated heterocycles. The summed E-state index contributed by atoms with van der Waals surface area (Å²) in [5.41, 5.74) is 1.50. The molecular weight excluding hydrogens is 262 g/mol. The number of nitrogens with zero attached hydrogens (tertiary/aromatic N) is 2. The van der Waals surface area contributed by atoms with Crippen LogP contribution >= 0.6 is 0 Å². The van der Waals surface area contributed by atoms with Crippen LogP contribution < -0.4 is 5.32 Å². The Labute approximate surface area is 126 Å². The molecule has 0 aliphatic carbocycles. The van der Waals surface area contributed by atoms with Crippen molar-refractivity contribution in [3.8, 4) is 5.69 Å². The summed E-state index contributed by atoms with van der Waals surface area (Å²) < 4.78 is 2.14. The van der Waals surface area contributed by atoms with Crippen LogP contribution in [0, 0.1) is 12.8 Å². The molecule has 0 saturated carbocycles. The lowest BCUT2D eigenvalue weighted by Gasteiger charge is -2.28. The number of hydrogen-bond acceptors (Lipinski definition) is 3. The molecule has 2 N–H and O–H groups in total. The van der Waals surface area contributed by atoms with Crippen molar-refractivity contribution < 1.29 is 5.11 Å².